The molecule has 2 heterocycles. The van der Waals surface area contributed by atoms with Gasteiger partial charge in [0, 0.05) is 29.8 Å². The molecule has 4 aromatic rings. The summed E-state index contributed by atoms with van der Waals surface area (Å²) in [5.74, 6) is 1.25. The molecule has 5 nitrogen and oxygen atoms in total. The number of nitrogens with one attached hydrogen (secondary N) is 2. The van der Waals surface area contributed by atoms with Crippen molar-refractivity contribution in [3.8, 4) is 6.07 Å². The quantitative estimate of drug-likeness (QED) is 0.486. The van der Waals surface area contributed by atoms with E-state index in [-0.39, 0.29) is 0 Å². The van der Waals surface area contributed by atoms with Crippen LogP contribution in [0, 0.1) is 24.2 Å². The molecular weight excluding hydrogens is 360 g/mol. The number of imidazole rings is 1. The first-order valence-electron chi connectivity index (χ1n) is 9.93. The van der Waals surface area contributed by atoms with Crippen LogP contribution in [0.5, 0.6) is 0 Å². The molecule has 2 aromatic carbocycles. The van der Waals surface area contributed by atoms with Gasteiger partial charge in [-0.2, -0.15) is 5.26 Å². The smallest absolute Gasteiger partial charge is 0.148 e. The molecule has 1 unspecified atom stereocenters. The number of aromatic amines is 2. The number of methoxy groups -OCH3 is 1. The number of hydrogen-bond donors (Lipinski definition) is 2. The van der Waals surface area contributed by atoms with E-state index in [1.54, 1.807) is 13.2 Å². The minimum Gasteiger partial charge on any atom is -0.366 e. The van der Waals surface area contributed by atoms with E-state index in [0.717, 1.165) is 39.7 Å². The van der Waals surface area contributed by atoms with Gasteiger partial charge in [-0.05, 0) is 61.6 Å². The summed E-state index contributed by atoms with van der Waals surface area (Å²) >= 11 is 0. The van der Waals surface area contributed by atoms with E-state index in [2.05, 4.69) is 55.9 Å². The summed E-state index contributed by atoms with van der Waals surface area (Å²) < 4.78 is 6.16. The zero-order valence-corrected chi connectivity index (χ0v) is 17.6. The molecule has 148 valence electrons. The van der Waals surface area contributed by atoms with E-state index in [4.69, 9.17) is 9.72 Å². The number of rotatable bonds is 5. The molecule has 2 N–H and O–H groups in total. The fourth-order valence-electron chi connectivity index (χ4n) is 4.27. The van der Waals surface area contributed by atoms with E-state index >= 15 is 0 Å². The molecule has 1 atom stereocenters. The van der Waals surface area contributed by atoms with Gasteiger partial charge in [-0.1, -0.05) is 19.9 Å². The summed E-state index contributed by atoms with van der Waals surface area (Å²) in [5, 5.41) is 10.4. The molecule has 0 spiro atoms. The Morgan fingerprint density at radius 2 is 2.03 bits per heavy atom. The molecule has 0 aliphatic carbocycles. The van der Waals surface area contributed by atoms with Gasteiger partial charge in [-0.25, -0.2) is 4.98 Å². The maximum absolute atomic E-state index is 9.22. The van der Waals surface area contributed by atoms with Gasteiger partial charge < -0.3 is 14.7 Å². The van der Waals surface area contributed by atoms with Crippen LogP contribution < -0.4 is 0 Å². The third-order valence-electron chi connectivity index (χ3n) is 5.70. The first kappa shape index (κ1) is 19.2. The van der Waals surface area contributed by atoms with Crippen molar-refractivity contribution in [2.24, 2.45) is 5.92 Å². The van der Waals surface area contributed by atoms with Gasteiger partial charge in [0.15, 0.2) is 0 Å². The van der Waals surface area contributed by atoms with E-state index in [9.17, 15) is 5.26 Å². The molecule has 0 radical (unpaired) electrons. The zero-order chi connectivity index (χ0) is 20.8. The van der Waals surface area contributed by atoms with Crippen molar-refractivity contribution in [3.05, 3.63) is 64.6 Å². The first-order chi connectivity index (χ1) is 13.9. The van der Waals surface area contributed by atoms with Crippen molar-refractivity contribution in [1.82, 2.24) is 15.0 Å². The predicted octanol–water partition coefficient (Wildman–Crippen LogP) is 5.33. The third kappa shape index (κ3) is 3.10. The summed E-state index contributed by atoms with van der Waals surface area (Å²) in [4.78, 5) is 11.6. The number of H-pyrrole nitrogens is 2. The van der Waals surface area contributed by atoms with Crippen LogP contribution >= 0.6 is 0 Å². The van der Waals surface area contributed by atoms with Crippen LogP contribution in [0.1, 0.15) is 48.8 Å². The average Bonchev–Trinajstić information content (AvgIpc) is 3.34. The lowest BCUT2D eigenvalue weighted by atomic mass is 9.83. The van der Waals surface area contributed by atoms with Crippen molar-refractivity contribution in [2.75, 3.05) is 7.11 Å². The van der Waals surface area contributed by atoms with Crippen molar-refractivity contribution in [3.63, 3.8) is 0 Å². The Hall–Kier alpha value is -3.10. The minimum atomic E-state index is -0.760. The maximum Gasteiger partial charge on any atom is 0.148 e. The highest BCUT2D eigenvalue weighted by molar-refractivity contribution is 5.88. The van der Waals surface area contributed by atoms with Gasteiger partial charge in [0.2, 0.25) is 0 Å². The van der Waals surface area contributed by atoms with Crippen LogP contribution in [0.4, 0.5) is 0 Å². The molecule has 0 aliphatic rings. The molecule has 0 bridgehead atoms. The van der Waals surface area contributed by atoms with Crippen LogP contribution in [0.3, 0.4) is 0 Å². The van der Waals surface area contributed by atoms with Crippen LogP contribution in [-0.2, 0) is 16.8 Å². The van der Waals surface area contributed by atoms with Gasteiger partial charge >= 0.3 is 0 Å². The van der Waals surface area contributed by atoms with E-state index in [0.29, 0.717) is 11.5 Å². The Morgan fingerprint density at radius 1 is 1.24 bits per heavy atom. The standard InChI is InChI=1S/C24H26N4O/c1-14(2)10-17-11-15(3)22-18(8-9-26-22)21(17)24(4,29-5)23-27-19-7-6-16(13-25)12-20(19)28-23/h6-9,11-12,14,26H,10H2,1-5H3,(H,27,28). The molecular formula is C24H26N4O. The molecule has 0 amide bonds. The van der Waals surface area contributed by atoms with Crippen LogP contribution in [0.2, 0.25) is 0 Å². The Morgan fingerprint density at radius 3 is 2.72 bits per heavy atom. The third-order valence-corrected chi connectivity index (χ3v) is 5.70. The zero-order valence-electron chi connectivity index (χ0n) is 17.6. The SMILES string of the molecule is COC(C)(c1nc2ccc(C#N)cc2[nH]1)c1c(CC(C)C)cc(C)c2[nH]ccc12. The van der Waals surface area contributed by atoms with Gasteiger partial charge in [-0.15, -0.1) is 0 Å². The number of hydrogen-bond acceptors (Lipinski definition) is 3. The lowest BCUT2D eigenvalue weighted by Crippen LogP contribution is -2.29. The summed E-state index contributed by atoms with van der Waals surface area (Å²) in [5.41, 5.74) is 6.27. The molecule has 2 aromatic heterocycles. The van der Waals surface area contributed by atoms with Crippen molar-refractivity contribution < 1.29 is 4.74 Å². The maximum atomic E-state index is 9.22. The number of fused-ring (bicyclic) bond motifs is 2. The van der Waals surface area contributed by atoms with Gasteiger partial charge in [0.25, 0.3) is 0 Å². The van der Waals surface area contributed by atoms with Crippen molar-refractivity contribution in [2.45, 2.75) is 39.7 Å². The number of aryl methyl sites for hydroxylation is 1. The number of aromatic nitrogens is 3. The monoisotopic (exact) mass is 386 g/mol. The number of ether oxygens (including phenoxy) is 1. The lowest BCUT2D eigenvalue weighted by Gasteiger charge is -2.30. The van der Waals surface area contributed by atoms with E-state index in [1.165, 1.54) is 11.1 Å². The fourth-order valence-corrected chi connectivity index (χ4v) is 4.27. The summed E-state index contributed by atoms with van der Waals surface area (Å²) in [7, 11) is 1.73. The van der Waals surface area contributed by atoms with Crippen LogP contribution in [0.25, 0.3) is 21.9 Å². The predicted molar refractivity (Wildman–Crippen MR) is 116 cm³/mol. The topological polar surface area (TPSA) is 77.5 Å². The fraction of sp³-hybridized carbons (Fsp3) is 0.333. The normalized spacial score (nSPS) is 13.8. The second-order valence-electron chi connectivity index (χ2n) is 8.26. The molecule has 0 saturated heterocycles. The second kappa shape index (κ2) is 7.06. The molecule has 0 fully saturated rings. The first-order valence-corrected chi connectivity index (χ1v) is 9.93. The molecule has 0 saturated carbocycles. The van der Waals surface area contributed by atoms with Gasteiger partial charge in [0.05, 0.1) is 22.7 Å². The number of nitrogens with zero attached hydrogens (tertiary/aromatic N) is 2. The molecule has 5 heteroatoms. The summed E-state index contributed by atoms with van der Waals surface area (Å²) in [6, 6.07) is 12.1. The Balaban J connectivity index is 2.00. The second-order valence-corrected chi connectivity index (χ2v) is 8.26. The molecule has 29 heavy (non-hydrogen) atoms. The Kier molecular flexibility index (Phi) is 4.68. The van der Waals surface area contributed by atoms with Gasteiger partial charge in [-0.3, -0.25) is 0 Å². The van der Waals surface area contributed by atoms with Crippen LogP contribution in [-0.4, -0.2) is 22.1 Å². The average molecular weight is 386 g/mol. The number of benzene rings is 2. The highest BCUT2D eigenvalue weighted by Crippen LogP contribution is 2.40. The highest BCUT2D eigenvalue weighted by atomic mass is 16.5. The van der Waals surface area contributed by atoms with Crippen molar-refractivity contribution in [1.29, 1.82) is 5.26 Å². The largest absolute Gasteiger partial charge is 0.366 e. The van der Waals surface area contributed by atoms with Gasteiger partial charge in [0.1, 0.15) is 11.4 Å². The van der Waals surface area contributed by atoms with E-state index in [1.807, 2.05) is 18.3 Å². The summed E-state index contributed by atoms with van der Waals surface area (Å²) in [6.45, 7) is 8.67. The molecule has 0 aliphatic heterocycles. The lowest BCUT2D eigenvalue weighted by molar-refractivity contribution is 0.0328. The Bertz CT molecular complexity index is 1240. The van der Waals surface area contributed by atoms with E-state index < -0.39 is 5.60 Å². The van der Waals surface area contributed by atoms with Crippen LogP contribution in [0.15, 0.2) is 36.5 Å². The highest BCUT2D eigenvalue weighted by Gasteiger charge is 2.36. The molecule has 4 rings (SSSR count). The number of nitriles is 1. The Labute approximate surface area is 170 Å². The van der Waals surface area contributed by atoms with Crippen molar-refractivity contribution >= 4 is 21.9 Å². The minimum absolute atomic E-state index is 0.513. The summed E-state index contributed by atoms with van der Waals surface area (Å²) in [6.07, 6.45) is 2.93.